The second-order valence-electron chi connectivity index (χ2n) is 5.01. The maximum Gasteiger partial charge on any atom is 0.319 e. The first-order chi connectivity index (χ1) is 10.5. The predicted octanol–water partition coefficient (Wildman–Crippen LogP) is 3.39. The van der Waals surface area contributed by atoms with Crippen LogP contribution in [0, 0.1) is 5.92 Å². The van der Waals surface area contributed by atoms with Gasteiger partial charge in [0.25, 0.3) is 0 Å². The Morgan fingerprint density at radius 2 is 1.61 bits per heavy atom. The van der Waals surface area contributed by atoms with E-state index in [1.165, 1.54) is 0 Å². The van der Waals surface area contributed by atoms with Crippen LogP contribution in [0.5, 0.6) is 0 Å². The molecule has 132 valence electrons. The molecule has 0 spiro atoms. The van der Waals surface area contributed by atoms with Crippen molar-refractivity contribution >= 4 is 11.9 Å². The maximum atomic E-state index is 11.7. The van der Waals surface area contributed by atoms with Gasteiger partial charge in [0.2, 0.25) is 0 Å². The Kier molecular flexibility index (Phi) is 10.8. The molecule has 0 bridgehead atoms. The van der Waals surface area contributed by atoms with E-state index in [0.717, 1.165) is 5.56 Å². The van der Waals surface area contributed by atoms with Crippen LogP contribution in [-0.4, -0.2) is 23.1 Å². The topological polar surface area (TPSA) is 63.6 Å². The number of rotatable bonds is 6. The van der Waals surface area contributed by atoms with Crippen molar-refractivity contribution in [2.45, 2.75) is 32.8 Å². The Morgan fingerprint density at radius 1 is 1.13 bits per heavy atom. The predicted molar refractivity (Wildman–Crippen MR) is 84.7 cm³/mol. The van der Waals surface area contributed by atoms with Gasteiger partial charge in [0.15, 0.2) is 0 Å². The number of carbonyl (C=O) groups excluding carboxylic acids is 1. The molecule has 0 saturated heterocycles. The fourth-order valence-corrected chi connectivity index (χ4v) is 1.74. The Labute approximate surface area is 147 Å². The smallest absolute Gasteiger partial charge is 0.319 e. The minimum absolute atomic E-state index is 0. The minimum atomic E-state index is -1.14. The van der Waals surface area contributed by atoms with E-state index in [1.807, 2.05) is 49.4 Å². The molecule has 0 aromatic heterocycles. The van der Waals surface area contributed by atoms with Crippen LogP contribution in [0.15, 0.2) is 54.6 Å². The van der Waals surface area contributed by atoms with Crippen LogP contribution in [0.3, 0.4) is 0 Å². The Balaban J connectivity index is 0.000000684. The minimum Gasteiger partial charge on any atom is -0.748 e. The van der Waals surface area contributed by atoms with Crippen LogP contribution < -0.4 is 0 Å². The van der Waals surface area contributed by atoms with Gasteiger partial charge in [0.05, 0.1) is 6.10 Å². The van der Waals surface area contributed by atoms with Crippen molar-refractivity contribution < 1.29 is 36.5 Å². The van der Waals surface area contributed by atoms with Crippen LogP contribution in [0.1, 0.15) is 25.8 Å². The van der Waals surface area contributed by atoms with Gasteiger partial charge >= 0.3 is 11.9 Å². The van der Waals surface area contributed by atoms with Gasteiger partial charge in [-0.25, -0.2) is 12.1 Å². The van der Waals surface area contributed by atoms with E-state index in [0.29, 0.717) is 6.42 Å². The molecule has 2 unspecified atom stereocenters. The fourth-order valence-electron chi connectivity index (χ4n) is 1.74. The third-order valence-electron chi connectivity index (χ3n) is 3.20. The Bertz CT molecular complexity index is 514. The summed E-state index contributed by atoms with van der Waals surface area (Å²) in [6.45, 7) is 3.63. The number of carbonyl (C=O) groups is 2. The van der Waals surface area contributed by atoms with E-state index < -0.39 is 17.9 Å². The van der Waals surface area contributed by atoms with Crippen molar-refractivity contribution in [2.24, 2.45) is 5.92 Å². The van der Waals surface area contributed by atoms with Gasteiger partial charge in [-0.2, -0.15) is 17.7 Å². The van der Waals surface area contributed by atoms with Gasteiger partial charge < -0.3 is 40.2 Å². The largest absolute Gasteiger partial charge is 0.748 e. The van der Waals surface area contributed by atoms with Crippen molar-refractivity contribution in [1.82, 2.24) is 0 Å². The number of ether oxygens (including phenoxy) is 1. The van der Waals surface area contributed by atoms with Crippen molar-refractivity contribution in [2.75, 3.05) is 0 Å². The van der Waals surface area contributed by atoms with Crippen molar-refractivity contribution in [1.29, 1.82) is 0 Å². The summed E-state index contributed by atoms with van der Waals surface area (Å²) >= 11 is 0. The first-order valence-electron chi connectivity index (χ1n) is 7.35. The van der Waals surface area contributed by atoms with E-state index in [-0.39, 0.29) is 29.6 Å². The van der Waals surface area contributed by atoms with E-state index in [1.54, 1.807) is 19.1 Å². The molecule has 2 atom stereocenters. The van der Waals surface area contributed by atoms with E-state index in [4.69, 9.17) is 9.84 Å². The maximum absolute atomic E-state index is 11.7. The summed E-state index contributed by atoms with van der Waals surface area (Å²) in [5, 5.41) is 9.03. The summed E-state index contributed by atoms with van der Waals surface area (Å²) in [5.74, 6) is -2.92. The molecular formula is C18H22FeO4-6. The first-order valence-corrected chi connectivity index (χ1v) is 7.35. The van der Waals surface area contributed by atoms with E-state index in [9.17, 15) is 9.59 Å². The van der Waals surface area contributed by atoms with Crippen LogP contribution in [0.4, 0.5) is 0 Å². The Hall–Kier alpha value is -1.84. The zero-order valence-corrected chi connectivity index (χ0v) is 14.4. The molecule has 0 fully saturated rings. The van der Waals surface area contributed by atoms with Crippen molar-refractivity contribution in [3.63, 3.8) is 0 Å². The number of carboxylic acid groups (broad SMARTS) is 1. The zero-order valence-electron chi connectivity index (χ0n) is 13.3. The number of hydrogen-bond donors (Lipinski definition) is 1. The molecule has 0 radical (unpaired) electrons. The van der Waals surface area contributed by atoms with Crippen LogP contribution >= 0.6 is 0 Å². The van der Waals surface area contributed by atoms with Crippen molar-refractivity contribution in [3.8, 4) is 0 Å². The first kappa shape index (κ1) is 21.2. The molecule has 0 aliphatic rings. The summed E-state index contributed by atoms with van der Waals surface area (Å²) in [5.41, 5.74) is 0.832. The molecule has 5 heteroatoms. The van der Waals surface area contributed by atoms with E-state index in [2.05, 4.69) is 0 Å². The molecule has 2 aromatic carbocycles. The molecule has 2 rings (SSSR count). The summed E-state index contributed by atoms with van der Waals surface area (Å²) in [4.78, 5) is 22.7. The van der Waals surface area contributed by atoms with Crippen LogP contribution in [0.25, 0.3) is 0 Å². The molecule has 0 heterocycles. The van der Waals surface area contributed by atoms with Gasteiger partial charge in [-0.3, -0.25) is 9.59 Å². The Morgan fingerprint density at radius 3 is 2.00 bits per heavy atom. The van der Waals surface area contributed by atoms with Crippen LogP contribution in [-0.2, 0) is 37.8 Å². The van der Waals surface area contributed by atoms with E-state index >= 15 is 0 Å². The number of hydrogen-bond acceptors (Lipinski definition) is 3. The monoisotopic (exact) mass is 358 g/mol. The average molecular weight is 358 g/mol. The summed E-state index contributed by atoms with van der Waals surface area (Å²) in [7, 11) is 0. The summed E-state index contributed by atoms with van der Waals surface area (Å²) < 4.78 is 5.05. The number of carboxylic acids is 1. The third kappa shape index (κ3) is 8.38. The average Bonchev–Trinajstić information content (AvgIpc) is 3.19. The van der Waals surface area contributed by atoms with Gasteiger partial charge in [0, 0.05) is 17.1 Å². The van der Waals surface area contributed by atoms with Crippen LogP contribution in [0.2, 0.25) is 0 Å². The molecule has 0 aliphatic carbocycles. The van der Waals surface area contributed by atoms with Gasteiger partial charge in [-0.15, -0.1) is 0 Å². The van der Waals surface area contributed by atoms with Gasteiger partial charge in [-0.1, -0.05) is 6.92 Å². The molecular weight excluding hydrogens is 336 g/mol. The molecule has 0 saturated carbocycles. The number of aliphatic carboxylic acids is 1. The van der Waals surface area contributed by atoms with Gasteiger partial charge in [-0.05, 0) is 19.8 Å². The summed E-state index contributed by atoms with van der Waals surface area (Å²) in [6, 6.07) is 17.2. The number of esters is 1. The van der Waals surface area contributed by atoms with Gasteiger partial charge in [0.1, 0.15) is 5.92 Å². The SMILES string of the molecule is CCC(C)OC(=O)C(C[c-]1cccc1)C(=O)O.[Fe].[cH-]1[cH-][cH-][cH-][cH-]1. The fraction of sp³-hybridized carbons (Fsp3) is 0.333. The molecule has 4 nitrogen and oxygen atoms in total. The second-order valence-corrected chi connectivity index (χ2v) is 5.01. The van der Waals surface area contributed by atoms with Crippen molar-refractivity contribution in [3.05, 3.63) is 60.2 Å². The molecule has 0 amide bonds. The molecule has 2 aromatic rings. The normalized spacial score (nSPS) is 12.1. The molecule has 1 N–H and O–H groups in total. The quantitative estimate of drug-likeness (QED) is 0.372. The third-order valence-corrected chi connectivity index (χ3v) is 3.20. The molecule has 23 heavy (non-hydrogen) atoms. The zero-order chi connectivity index (χ0) is 16.4. The molecule has 0 aliphatic heterocycles. The standard InChI is InChI=1S/C13H17O4.C5H5.Fe/c1-3-9(2)17-13(16)11(12(14)15)8-10-6-4-5-7-10;1-2-4-5-3-1;/h4-7,9,11H,3,8H2,1-2H3,(H,14,15);1-5H;/q-1;-5;. The second kappa shape index (κ2) is 11.7. The summed E-state index contributed by atoms with van der Waals surface area (Å²) in [6.07, 6.45) is 0.607.